The number of piperazine rings is 1. The third kappa shape index (κ3) is 6.46. The van der Waals surface area contributed by atoms with Crippen molar-refractivity contribution < 1.29 is 9.32 Å². The Hall–Kier alpha value is -1.36. The SMILES string of the molecule is CCNC(=NCC(C)(C)C(N)=O)N1CCN(Cc2ccon2)CC1.I. The zero-order valence-electron chi connectivity index (χ0n) is 15.2. The summed E-state index contributed by atoms with van der Waals surface area (Å²) in [6, 6.07) is 1.89. The highest BCUT2D eigenvalue weighted by atomic mass is 127. The zero-order chi connectivity index (χ0) is 17.6. The molecule has 1 aromatic rings. The molecule has 3 N–H and O–H groups in total. The summed E-state index contributed by atoms with van der Waals surface area (Å²) < 4.78 is 4.88. The highest BCUT2D eigenvalue weighted by Gasteiger charge is 2.26. The number of aromatic nitrogens is 1. The van der Waals surface area contributed by atoms with E-state index in [2.05, 4.69) is 25.3 Å². The van der Waals surface area contributed by atoms with Crippen LogP contribution in [0.15, 0.2) is 21.8 Å². The van der Waals surface area contributed by atoms with Gasteiger partial charge in [0.2, 0.25) is 5.91 Å². The van der Waals surface area contributed by atoms with E-state index in [1.54, 1.807) is 6.26 Å². The molecule has 1 amide bonds. The smallest absolute Gasteiger partial charge is 0.224 e. The topological polar surface area (TPSA) is 100.0 Å². The molecule has 2 heterocycles. The molecule has 1 saturated heterocycles. The maximum atomic E-state index is 11.5. The molecule has 0 atom stereocenters. The number of nitrogens with zero attached hydrogens (tertiary/aromatic N) is 4. The summed E-state index contributed by atoms with van der Waals surface area (Å²) in [6.07, 6.45) is 1.60. The van der Waals surface area contributed by atoms with Crippen LogP contribution in [0.1, 0.15) is 26.5 Å². The van der Waals surface area contributed by atoms with Crippen LogP contribution >= 0.6 is 24.0 Å². The molecular formula is C16H29IN6O2. The van der Waals surface area contributed by atoms with Crippen LogP contribution in [0.4, 0.5) is 0 Å². The van der Waals surface area contributed by atoms with E-state index in [1.165, 1.54) is 0 Å². The number of halogens is 1. The van der Waals surface area contributed by atoms with Crippen LogP contribution in [0, 0.1) is 5.41 Å². The van der Waals surface area contributed by atoms with Crippen molar-refractivity contribution in [1.29, 1.82) is 0 Å². The molecular weight excluding hydrogens is 435 g/mol. The van der Waals surface area contributed by atoms with Gasteiger partial charge in [-0.2, -0.15) is 0 Å². The number of rotatable bonds is 6. The fourth-order valence-electron chi connectivity index (χ4n) is 2.44. The van der Waals surface area contributed by atoms with Crippen molar-refractivity contribution in [1.82, 2.24) is 20.3 Å². The van der Waals surface area contributed by atoms with Gasteiger partial charge in [-0.15, -0.1) is 24.0 Å². The molecule has 142 valence electrons. The van der Waals surface area contributed by atoms with Crippen LogP contribution in [0.5, 0.6) is 0 Å². The molecule has 2 rings (SSSR count). The maximum absolute atomic E-state index is 11.5. The molecule has 1 aromatic heterocycles. The van der Waals surface area contributed by atoms with Gasteiger partial charge in [0, 0.05) is 45.3 Å². The quantitative estimate of drug-likeness (QED) is 0.369. The predicted molar refractivity (Wildman–Crippen MR) is 108 cm³/mol. The van der Waals surface area contributed by atoms with E-state index < -0.39 is 5.41 Å². The summed E-state index contributed by atoms with van der Waals surface area (Å²) >= 11 is 0. The van der Waals surface area contributed by atoms with Gasteiger partial charge in [-0.25, -0.2) is 0 Å². The number of amides is 1. The van der Waals surface area contributed by atoms with E-state index >= 15 is 0 Å². The van der Waals surface area contributed by atoms with Crippen molar-refractivity contribution in [2.24, 2.45) is 16.1 Å². The summed E-state index contributed by atoms with van der Waals surface area (Å²) in [5.74, 6) is 0.507. The normalized spacial score (nSPS) is 16.4. The van der Waals surface area contributed by atoms with Gasteiger partial charge < -0.3 is 20.5 Å². The third-order valence-corrected chi connectivity index (χ3v) is 4.17. The highest BCUT2D eigenvalue weighted by Crippen LogP contribution is 2.15. The summed E-state index contributed by atoms with van der Waals surface area (Å²) in [7, 11) is 0. The predicted octanol–water partition coefficient (Wildman–Crippen LogP) is 0.887. The minimum absolute atomic E-state index is 0. The fraction of sp³-hybridized carbons (Fsp3) is 0.688. The molecule has 0 aliphatic carbocycles. The highest BCUT2D eigenvalue weighted by molar-refractivity contribution is 14.0. The first kappa shape index (κ1) is 21.7. The third-order valence-electron chi connectivity index (χ3n) is 4.17. The summed E-state index contributed by atoms with van der Waals surface area (Å²) in [5, 5.41) is 7.26. The fourth-order valence-corrected chi connectivity index (χ4v) is 2.44. The Morgan fingerprint density at radius 2 is 2.08 bits per heavy atom. The number of nitrogens with two attached hydrogens (primary N) is 1. The van der Waals surface area contributed by atoms with Crippen LogP contribution in [-0.4, -0.2) is 66.1 Å². The number of hydrogen-bond acceptors (Lipinski definition) is 5. The molecule has 0 radical (unpaired) electrons. The standard InChI is InChI=1S/C16H28N6O2.HI/c1-4-18-15(19-12-16(2,3)14(17)23)22-8-6-21(7-9-22)11-13-5-10-24-20-13;/h5,10H,4,6-9,11-12H2,1-3H3,(H2,17,23)(H,18,19);1H. The van der Waals surface area contributed by atoms with Crippen molar-refractivity contribution in [3.63, 3.8) is 0 Å². The molecule has 0 unspecified atom stereocenters. The summed E-state index contributed by atoms with van der Waals surface area (Å²) in [5.41, 5.74) is 5.74. The second-order valence-corrected chi connectivity index (χ2v) is 6.67. The Bertz CT molecular complexity index is 553. The van der Waals surface area contributed by atoms with Crippen molar-refractivity contribution in [2.75, 3.05) is 39.3 Å². The van der Waals surface area contributed by atoms with Gasteiger partial charge in [-0.05, 0) is 20.8 Å². The Morgan fingerprint density at radius 1 is 1.40 bits per heavy atom. The lowest BCUT2D eigenvalue weighted by atomic mass is 9.93. The summed E-state index contributed by atoms with van der Waals surface area (Å²) in [6.45, 7) is 11.2. The minimum Gasteiger partial charge on any atom is -0.369 e. The second-order valence-electron chi connectivity index (χ2n) is 6.67. The van der Waals surface area contributed by atoms with Crippen LogP contribution in [-0.2, 0) is 11.3 Å². The Kier molecular flexibility index (Phi) is 8.63. The molecule has 1 aliphatic heterocycles. The molecule has 1 fully saturated rings. The number of hydrogen-bond donors (Lipinski definition) is 2. The average molecular weight is 464 g/mol. The molecule has 1 aliphatic rings. The average Bonchev–Trinajstić information content (AvgIpc) is 3.05. The maximum Gasteiger partial charge on any atom is 0.224 e. The van der Waals surface area contributed by atoms with Crippen molar-refractivity contribution in [3.05, 3.63) is 18.0 Å². The van der Waals surface area contributed by atoms with Crippen LogP contribution in [0.25, 0.3) is 0 Å². The first-order valence-electron chi connectivity index (χ1n) is 8.37. The Balaban J connectivity index is 0.00000312. The molecule has 0 aromatic carbocycles. The molecule has 25 heavy (non-hydrogen) atoms. The number of carbonyl (C=O) groups is 1. The molecule has 0 bridgehead atoms. The van der Waals surface area contributed by atoms with Crippen molar-refractivity contribution in [2.45, 2.75) is 27.3 Å². The van der Waals surface area contributed by atoms with Crippen LogP contribution < -0.4 is 11.1 Å². The van der Waals surface area contributed by atoms with Gasteiger partial charge in [-0.3, -0.25) is 14.7 Å². The lowest BCUT2D eigenvalue weighted by Gasteiger charge is -2.36. The van der Waals surface area contributed by atoms with E-state index in [9.17, 15) is 4.79 Å². The number of aliphatic imine (C=N–C) groups is 1. The minimum atomic E-state index is -0.643. The van der Waals surface area contributed by atoms with Gasteiger partial charge >= 0.3 is 0 Å². The van der Waals surface area contributed by atoms with Gasteiger partial charge in [0.05, 0.1) is 17.7 Å². The molecule has 9 heteroatoms. The van der Waals surface area contributed by atoms with E-state index in [0.717, 1.165) is 50.9 Å². The van der Waals surface area contributed by atoms with Crippen LogP contribution in [0.3, 0.4) is 0 Å². The van der Waals surface area contributed by atoms with Gasteiger partial charge in [-0.1, -0.05) is 5.16 Å². The van der Waals surface area contributed by atoms with E-state index in [1.807, 2.05) is 26.8 Å². The van der Waals surface area contributed by atoms with Gasteiger partial charge in [0.1, 0.15) is 6.26 Å². The number of primary amides is 1. The lowest BCUT2D eigenvalue weighted by molar-refractivity contribution is -0.125. The van der Waals surface area contributed by atoms with E-state index in [4.69, 9.17) is 10.3 Å². The molecule has 0 saturated carbocycles. The lowest BCUT2D eigenvalue weighted by Crippen LogP contribution is -2.52. The largest absolute Gasteiger partial charge is 0.369 e. The zero-order valence-corrected chi connectivity index (χ0v) is 17.5. The number of guanidine groups is 1. The van der Waals surface area contributed by atoms with Crippen LogP contribution in [0.2, 0.25) is 0 Å². The van der Waals surface area contributed by atoms with Gasteiger partial charge in [0.25, 0.3) is 0 Å². The summed E-state index contributed by atoms with van der Waals surface area (Å²) in [4.78, 5) is 20.6. The Morgan fingerprint density at radius 3 is 2.60 bits per heavy atom. The second kappa shape index (κ2) is 9.95. The van der Waals surface area contributed by atoms with Crippen molar-refractivity contribution >= 4 is 35.8 Å². The number of nitrogens with one attached hydrogen (secondary N) is 1. The van der Waals surface area contributed by atoms with E-state index in [0.29, 0.717) is 6.54 Å². The van der Waals surface area contributed by atoms with Gasteiger partial charge in [0.15, 0.2) is 5.96 Å². The monoisotopic (exact) mass is 464 g/mol. The number of carbonyl (C=O) groups excluding carboxylic acids is 1. The first-order chi connectivity index (χ1) is 11.4. The van der Waals surface area contributed by atoms with Crippen molar-refractivity contribution in [3.8, 4) is 0 Å². The van der Waals surface area contributed by atoms with E-state index in [-0.39, 0.29) is 29.9 Å². The Labute approximate surface area is 166 Å². The molecule has 0 spiro atoms. The molecule has 8 nitrogen and oxygen atoms in total. The first-order valence-corrected chi connectivity index (χ1v) is 8.37.